The average Bonchev–Trinajstić information content (AvgIpc) is 3.07. The molecule has 0 unspecified atom stereocenters. The quantitative estimate of drug-likeness (QED) is 0.186. The molecule has 1 atom stereocenters. The number of ether oxygens (including phenoxy) is 1. The number of Topliss-reactive ketones (excluding diaryl/α,β-unsaturated/α-hetero) is 1. The Morgan fingerprint density at radius 3 is 2.32 bits per heavy atom. The summed E-state index contributed by atoms with van der Waals surface area (Å²) < 4.78 is 5.57. The number of likely N-dealkylation sites (tertiary alicyclic amines) is 1. The Hall–Kier alpha value is -3.72. The topological polar surface area (TPSA) is 113 Å². The number of hydrogen-bond acceptors (Lipinski definition) is 7. The van der Waals surface area contributed by atoms with Crippen LogP contribution in [-0.4, -0.2) is 65.3 Å². The highest BCUT2D eigenvalue weighted by atomic mass is 16.6. The van der Waals surface area contributed by atoms with Crippen LogP contribution in [0.5, 0.6) is 5.75 Å². The summed E-state index contributed by atoms with van der Waals surface area (Å²) in [7, 11) is 3.83. The van der Waals surface area contributed by atoms with E-state index < -0.39 is 22.7 Å². The van der Waals surface area contributed by atoms with E-state index in [1.54, 1.807) is 24.3 Å². The first-order chi connectivity index (χ1) is 16.2. The first-order valence-corrected chi connectivity index (χ1v) is 11.1. The molecule has 1 saturated heterocycles. The van der Waals surface area contributed by atoms with Gasteiger partial charge >= 0.3 is 0 Å². The molecule has 0 spiro atoms. The van der Waals surface area contributed by atoms with Crippen LogP contribution < -0.4 is 4.74 Å². The molecule has 0 aromatic heterocycles. The highest BCUT2D eigenvalue weighted by Crippen LogP contribution is 2.40. The molecule has 1 fully saturated rings. The SMILES string of the molecule is CCCOc1ccc(/C(O)=C2\C(=O)C(=O)N(CCCN(C)C)[C@@H]2c2ccc([N+](=O)[O-])cc2)cc1. The molecule has 1 N–H and O–H groups in total. The maximum absolute atomic E-state index is 13.0. The fourth-order valence-corrected chi connectivity index (χ4v) is 3.88. The van der Waals surface area contributed by atoms with Crippen molar-refractivity contribution in [1.29, 1.82) is 0 Å². The van der Waals surface area contributed by atoms with Crippen molar-refractivity contribution in [1.82, 2.24) is 9.80 Å². The zero-order valence-electron chi connectivity index (χ0n) is 19.6. The van der Waals surface area contributed by atoms with Crippen molar-refractivity contribution in [2.45, 2.75) is 25.8 Å². The van der Waals surface area contributed by atoms with Crippen molar-refractivity contribution in [3.05, 3.63) is 75.3 Å². The highest BCUT2D eigenvalue weighted by Gasteiger charge is 2.45. The normalized spacial score (nSPS) is 17.4. The Morgan fingerprint density at radius 2 is 1.76 bits per heavy atom. The van der Waals surface area contributed by atoms with Crippen LogP contribution in [0.15, 0.2) is 54.1 Å². The van der Waals surface area contributed by atoms with Gasteiger partial charge in [-0.3, -0.25) is 19.7 Å². The summed E-state index contributed by atoms with van der Waals surface area (Å²) in [6, 6.07) is 11.5. The van der Waals surface area contributed by atoms with Gasteiger partial charge in [-0.25, -0.2) is 0 Å². The van der Waals surface area contributed by atoms with E-state index >= 15 is 0 Å². The van der Waals surface area contributed by atoms with Gasteiger partial charge in [0.15, 0.2) is 0 Å². The molecular formula is C25H29N3O6. The number of carbonyl (C=O) groups is 2. The molecule has 1 aliphatic heterocycles. The number of carbonyl (C=O) groups excluding carboxylic acids is 2. The van der Waals surface area contributed by atoms with E-state index in [4.69, 9.17) is 4.74 Å². The first kappa shape index (κ1) is 24.9. The molecule has 0 radical (unpaired) electrons. The summed E-state index contributed by atoms with van der Waals surface area (Å²) in [6.07, 6.45) is 1.47. The van der Waals surface area contributed by atoms with E-state index in [-0.39, 0.29) is 17.0 Å². The molecule has 9 heteroatoms. The third-order valence-corrected chi connectivity index (χ3v) is 5.56. The van der Waals surface area contributed by atoms with Crippen molar-refractivity contribution < 1.29 is 24.4 Å². The van der Waals surface area contributed by atoms with Crippen LogP contribution in [0.25, 0.3) is 5.76 Å². The number of aliphatic hydroxyl groups excluding tert-OH is 1. The van der Waals surface area contributed by atoms with Gasteiger partial charge < -0.3 is 19.6 Å². The summed E-state index contributed by atoms with van der Waals surface area (Å²) >= 11 is 0. The summed E-state index contributed by atoms with van der Waals surface area (Å²) in [5.41, 5.74) is 0.753. The lowest BCUT2D eigenvalue weighted by Crippen LogP contribution is -2.32. The first-order valence-electron chi connectivity index (χ1n) is 11.1. The molecule has 0 saturated carbocycles. The van der Waals surface area contributed by atoms with E-state index in [0.717, 1.165) is 6.42 Å². The Labute approximate surface area is 198 Å². The monoisotopic (exact) mass is 467 g/mol. The van der Waals surface area contributed by atoms with Gasteiger partial charge in [0.25, 0.3) is 17.4 Å². The lowest BCUT2D eigenvalue weighted by molar-refractivity contribution is -0.384. The fraction of sp³-hybridized carbons (Fsp3) is 0.360. The van der Waals surface area contributed by atoms with E-state index in [2.05, 4.69) is 0 Å². The number of benzene rings is 2. The fourth-order valence-electron chi connectivity index (χ4n) is 3.88. The van der Waals surface area contributed by atoms with Gasteiger partial charge in [0, 0.05) is 24.2 Å². The number of hydrogen-bond donors (Lipinski definition) is 1. The zero-order chi connectivity index (χ0) is 24.8. The smallest absolute Gasteiger partial charge is 0.295 e. The van der Waals surface area contributed by atoms with Crippen LogP contribution in [0, 0.1) is 10.1 Å². The number of non-ortho nitro benzene ring substituents is 1. The largest absolute Gasteiger partial charge is 0.507 e. The van der Waals surface area contributed by atoms with Gasteiger partial charge in [0.1, 0.15) is 11.5 Å². The molecular weight excluding hydrogens is 438 g/mol. The second kappa shape index (κ2) is 10.9. The number of aliphatic hydroxyl groups is 1. The number of amides is 1. The van der Waals surface area contributed by atoms with Crippen LogP contribution >= 0.6 is 0 Å². The molecule has 3 rings (SSSR count). The van der Waals surface area contributed by atoms with Crippen LogP contribution in [-0.2, 0) is 9.59 Å². The van der Waals surface area contributed by atoms with Crippen LogP contribution in [0.2, 0.25) is 0 Å². The van der Waals surface area contributed by atoms with Gasteiger partial charge in [0.2, 0.25) is 0 Å². The third-order valence-electron chi connectivity index (χ3n) is 5.56. The number of nitrogens with zero attached hydrogens (tertiary/aromatic N) is 3. The maximum Gasteiger partial charge on any atom is 0.295 e. The Balaban J connectivity index is 2.03. The van der Waals surface area contributed by atoms with E-state index in [0.29, 0.717) is 43.0 Å². The predicted octanol–water partition coefficient (Wildman–Crippen LogP) is 3.76. The number of ketones is 1. The Morgan fingerprint density at radius 1 is 1.12 bits per heavy atom. The standard InChI is InChI=1S/C25H29N3O6/c1-4-16-34-20-12-8-18(9-13-20)23(29)21-22(17-6-10-19(11-7-17)28(32)33)27(25(31)24(21)30)15-5-14-26(2)3/h6-13,22,29H,4-5,14-16H2,1-3H3/b23-21+/t22-/m1/s1. The van der Waals surface area contributed by atoms with Gasteiger partial charge in [-0.1, -0.05) is 6.92 Å². The molecule has 1 amide bonds. The number of rotatable bonds is 10. The van der Waals surface area contributed by atoms with E-state index in [9.17, 15) is 24.8 Å². The summed E-state index contributed by atoms with van der Waals surface area (Å²) in [5, 5.41) is 22.2. The molecule has 9 nitrogen and oxygen atoms in total. The van der Waals surface area contributed by atoms with Crippen LogP contribution in [0.4, 0.5) is 5.69 Å². The molecule has 180 valence electrons. The minimum absolute atomic E-state index is 0.0362. The summed E-state index contributed by atoms with van der Waals surface area (Å²) in [6.45, 7) is 3.56. The van der Waals surface area contributed by atoms with E-state index in [1.807, 2.05) is 25.9 Å². The second-order valence-corrected chi connectivity index (χ2v) is 8.37. The third kappa shape index (κ3) is 5.43. The molecule has 0 aliphatic carbocycles. The minimum atomic E-state index is -0.848. The van der Waals surface area contributed by atoms with Gasteiger partial charge in [0.05, 0.1) is 23.1 Å². The lowest BCUT2D eigenvalue weighted by Gasteiger charge is -2.26. The second-order valence-electron chi connectivity index (χ2n) is 8.37. The molecule has 2 aromatic carbocycles. The zero-order valence-corrected chi connectivity index (χ0v) is 19.6. The van der Waals surface area contributed by atoms with E-state index in [1.165, 1.54) is 29.2 Å². The molecule has 34 heavy (non-hydrogen) atoms. The molecule has 0 bridgehead atoms. The predicted molar refractivity (Wildman–Crippen MR) is 128 cm³/mol. The van der Waals surface area contributed by atoms with Crippen molar-refractivity contribution in [3.8, 4) is 5.75 Å². The minimum Gasteiger partial charge on any atom is -0.507 e. The molecule has 1 heterocycles. The number of nitro benzene ring substituents is 1. The van der Waals surface area contributed by atoms with Gasteiger partial charge in [-0.05, 0) is 75.4 Å². The summed E-state index contributed by atoms with van der Waals surface area (Å²) in [5.74, 6) is -1.14. The summed E-state index contributed by atoms with van der Waals surface area (Å²) in [4.78, 5) is 40.0. The highest BCUT2D eigenvalue weighted by molar-refractivity contribution is 6.46. The van der Waals surface area contributed by atoms with Crippen molar-refractivity contribution in [2.24, 2.45) is 0 Å². The maximum atomic E-state index is 13.0. The average molecular weight is 468 g/mol. The lowest BCUT2D eigenvalue weighted by atomic mass is 9.95. The van der Waals surface area contributed by atoms with Crippen molar-refractivity contribution in [2.75, 3.05) is 33.8 Å². The van der Waals surface area contributed by atoms with Gasteiger partial charge in [-0.15, -0.1) is 0 Å². The Bertz CT molecular complexity index is 1080. The van der Waals surface area contributed by atoms with Crippen molar-refractivity contribution >= 4 is 23.1 Å². The van der Waals surface area contributed by atoms with Crippen LogP contribution in [0.3, 0.4) is 0 Å². The van der Waals surface area contributed by atoms with Crippen LogP contribution in [0.1, 0.15) is 36.9 Å². The Kier molecular flexibility index (Phi) is 8.01. The van der Waals surface area contributed by atoms with Crippen molar-refractivity contribution in [3.63, 3.8) is 0 Å². The molecule has 2 aromatic rings. The number of nitro groups is 1. The molecule has 1 aliphatic rings. The van der Waals surface area contributed by atoms with Gasteiger partial charge in [-0.2, -0.15) is 0 Å².